The van der Waals surface area contributed by atoms with E-state index in [1.165, 1.54) is 18.2 Å². The normalized spacial score (nSPS) is 11.4. The number of nitrogens with zero attached hydrogens (tertiary/aromatic N) is 3. The van der Waals surface area contributed by atoms with E-state index in [0.29, 0.717) is 29.4 Å². The summed E-state index contributed by atoms with van der Waals surface area (Å²) in [6.45, 7) is 7.68. The molecule has 0 aliphatic rings. The lowest BCUT2D eigenvalue weighted by atomic mass is 10.1. The molecule has 1 heterocycles. The van der Waals surface area contributed by atoms with Gasteiger partial charge < -0.3 is 14.7 Å². The number of nitrogens with one attached hydrogen (secondary N) is 2. The number of rotatable bonds is 12. The summed E-state index contributed by atoms with van der Waals surface area (Å²) in [5.74, 6) is 0.429. The van der Waals surface area contributed by atoms with Gasteiger partial charge in [-0.25, -0.2) is 13.1 Å². The average Bonchev–Trinajstić information content (AvgIpc) is 3.54. The fraction of sp³-hybridized carbons (Fsp3) is 0.229. The van der Waals surface area contributed by atoms with E-state index in [4.69, 9.17) is 4.52 Å². The number of anilines is 2. The van der Waals surface area contributed by atoms with Crippen molar-refractivity contribution in [1.29, 1.82) is 0 Å². The maximum absolute atomic E-state index is 13.0. The maximum atomic E-state index is 13.0. The average molecular weight is 624 g/mol. The second-order valence-corrected chi connectivity index (χ2v) is 13.0. The molecule has 10 heteroatoms. The molecule has 0 saturated carbocycles. The summed E-state index contributed by atoms with van der Waals surface area (Å²) in [4.78, 5) is 19.9. The first-order chi connectivity index (χ1) is 21.6. The van der Waals surface area contributed by atoms with Gasteiger partial charge in [0.2, 0.25) is 5.82 Å². The van der Waals surface area contributed by atoms with Crippen molar-refractivity contribution in [3.8, 4) is 22.8 Å². The van der Waals surface area contributed by atoms with Crippen LogP contribution in [0.4, 0.5) is 11.4 Å². The molecule has 0 spiro atoms. The van der Waals surface area contributed by atoms with E-state index >= 15 is 0 Å². The van der Waals surface area contributed by atoms with Crippen LogP contribution in [0.1, 0.15) is 41.8 Å². The second-order valence-electron chi connectivity index (χ2n) is 11.4. The molecule has 45 heavy (non-hydrogen) atoms. The monoisotopic (exact) mass is 623 g/mol. The number of benzene rings is 4. The first-order valence-corrected chi connectivity index (χ1v) is 16.3. The summed E-state index contributed by atoms with van der Waals surface area (Å²) in [6, 6.07) is 29.1. The number of carbonyl (C=O) groups is 1. The first-order valence-electron chi connectivity index (χ1n) is 14.8. The molecule has 0 fully saturated rings. The first kappa shape index (κ1) is 31.5. The van der Waals surface area contributed by atoms with Gasteiger partial charge in [-0.05, 0) is 72.9 Å². The van der Waals surface area contributed by atoms with Crippen molar-refractivity contribution in [2.24, 2.45) is 5.92 Å². The van der Waals surface area contributed by atoms with Gasteiger partial charge in [0.1, 0.15) is 0 Å². The Kier molecular flexibility index (Phi) is 9.63. The molecular weight excluding hydrogens is 586 g/mol. The highest BCUT2D eigenvalue weighted by Crippen LogP contribution is 2.32. The Balaban J connectivity index is 1.38. The molecule has 0 atom stereocenters. The third kappa shape index (κ3) is 7.77. The Morgan fingerprint density at radius 3 is 2.42 bits per heavy atom. The summed E-state index contributed by atoms with van der Waals surface area (Å²) in [5.41, 5.74) is 5.11. The summed E-state index contributed by atoms with van der Waals surface area (Å²) in [5, 5.41) is 7.79. The standard InChI is InChI=1S/C35H37N5O4S/c1-24(2)19-20-40(4)31-18-17-27(22-30(31)36-23-26-12-6-5-7-13-26)33-37-35(44-38-33)29-15-10-14-28(21-29)34(41)39-45(42,43)32-16-9-8-11-25(32)3/h5-18,21-22,24,36H,19-20,23H2,1-4H3,(H,39,41). The molecule has 1 amide bonds. The Labute approximate surface area is 264 Å². The minimum atomic E-state index is -4.05. The van der Waals surface area contributed by atoms with Gasteiger partial charge in [-0.2, -0.15) is 4.98 Å². The van der Waals surface area contributed by atoms with Crippen LogP contribution in [0.15, 0.2) is 106 Å². The molecule has 232 valence electrons. The smallest absolute Gasteiger partial charge is 0.265 e. The van der Waals surface area contributed by atoms with Gasteiger partial charge in [0.25, 0.3) is 21.8 Å². The van der Waals surface area contributed by atoms with E-state index < -0.39 is 15.9 Å². The van der Waals surface area contributed by atoms with Crippen molar-refractivity contribution in [2.75, 3.05) is 23.8 Å². The molecule has 1 aromatic heterocycles. The van der Waals surface area contributed by atoms with Crippen LogP contribution in [0.25, 0.3) is 22.8 Å². The Morgan fingerprint density at radius 2 is 1.67 bits per heavy atom. The number of amides is 1. The molecule has 0 bridgehead atoms. The molecule has 0 unspecified atom stereocenters. The van der Waals surface area contributed by atoms with E-state index in [-0.39, 0.29) is 16.3 Å². The van der Waals surface area contributed by atoms with Crippen LogP contribution in [0.3, 0.4) is 0 Å². The predicted octanol–water partition coefficient (Wildman–Crippen LogP) is 6.93. The van der Waals surface area contributed by atoms with Crippen LogP contribution in [0.2, 0.25) is 0 Å². The van der Waals surface area contributed by atoms with Crippen LogP contribution in [-0.2, 0) is 16.6 Å². The van der Waals surface area contributed by atoms with E-state index in [0.717, 1.165) is 35.5 Å². The van der Waals surface area contributed by atoms with Crippen LogP contribution >= 0.6 is 0 Å². The lowest BCUT2D eigenvalue weighted by Gasteiger charge is -2.24. The third-order valence-corrected chi connectivity index (χ3v) is 8.93. The SMILES string of the molecule is Cc1ccccc1S(=O)(=O)NC(=O)c1cccc(-c2nc(-c3ccc(N(C)CCC(C)C)c(NCc4ccccc4)c3)no2)c1. The number of aryl methyl sites for hydroxylation is 1. The van der Waals surface area contributed by atoms with Crippen LogP contribution in [0, 0.1) is 12.8 Å². The van der Waals surface area contributed by atoms with Crippen molar-refractivity contribution < 1.29 is 17.7 Å². The second kappa shape index (κ2) is 13.8. The molecule has 5 rings (SSSR count). The zero-order valence-electron chi connectivity index (χ0n) is 25.8. The van der Waals surface area contributed by atoms with Crippen LogP contribution < -0.4 is 14.9 Å². The molecule has 0 saturated heterocycles. The van der Waals surface area contributed by atoms with E-state index in [1.54, 1.807) is 37.3 Å². The quantitative estimate of drug-likeness (QED) is 0.154. The summed E-state index contributed by atoms with van der Waals surface area (Å²) < 4.78 is 33.5. The Morgan fingerprint density at radius 1 is 0.911 bits per heavy atom. The largest absolute Gasteiger partial charge is 0.379 e. The molecule has 0 aliphatic heterocycles. The minimum Gasteiger partial charge on any atom is -0.379 e. The van der Waals surface area contributed by atoms with Crippen molar-refractivity contribution in [1.82, 2.24) is 14.9 Å². The maximum Gasteiger partial charge on any atom is 0.265 e. The highest BCUT2D eigenvalue weighted by Gasteiger charge is 2.21. The van der Waals surface area contributed by atoms with Gasteiger partial charge >= 0.3 is 0 Å². The molecular formula is C35H37N5O4S. The van der Waals surface area contributed by atoms with Gasteiger partial charge in [-0.3, -0.25) is 4.79 Å². The van der Waals surface area contributed by atoms with Crippen molar-refractivity contribution in [2.45, 2.75) is 38.6 Å². The van der Waals surface area contributed by atoms with Gasteiger partial charge in [-0.1, -0.05) is 73.6 Å². The number of hydrogen-bond donors (Lipinski definition) is 2. The third-order valence-electron chi connectivity index (χ3n) is 7.44. The van der Waals surface area contributed by atoms with E-state index in [1.807, 2.05) is 30.3 Å². The van der Waals surface area contributed by atoms with Crippen molar-refractivity contribution in [3.05, 3.63) is 114 Å². The Bertz CT molecular complexity index is 1890. The zero-order chi connectivity index (χ0) is 32.0. The van der Waals surface area contributed by atoms with E-state index in [9.17, 15) is 13.2 Å². The number of hydrogen-bond acceptors (Lipinski definition) is 8. The molecule has 2 N–H and O–H groups in total. The predicted molar refractivity (Wildman–Crippen MR) is 177 cm³/mol. The molecule has 9 nitrogen and oxygen atoms in total. The fourth-order valence-electron chi connectivity index (χ4n) is 4.86. The molecule has 5 aromatic rings. The zero-order valence-corrected chi connectivity index (χ0v) is 26.6. The van der Waals surface area contributed by atoms with Gasteiger partial charge in [0.15, 0.2) is 0 Å². The van der Waals surface area contributed by atoms with Crippen LogP contribution in [-0.4, -0.2) is 38.1 Å². The minimum absolute atomic E-state index is 0.0470. The lowest BCUT2D eigenvalue weighted by Crippen LogP contribution is -2.31. The number of aromatic nitrogens is 2. The lowest BCUT2D eigenvalue weighted by molar-refractivity contribution is 0.0981. The molecule has 0 aliphatic carbocycles. The highest BCUT2D eigenvalue weighted by molar-refractivity contribution is 7.90. The Hall–Kier alpha value is -4.96. The van der Waals surface area contributed by atoms with Gasteiger partial charge in [0.05, 0.1) is 16.3 Å². The van der Waals surface area contributed by atoms with Gasteiger partial charge in [-0.15, -0.1) is 0 Å². The van der Waals surface area contributed by atoms with Crippen molar-refractivity contribution in [3.63, 3.8) is 0 Å². The number of sulfonamides is 1. The fourth-order valence-corrected chi connectivity index (χ4v) is 6.08. The molecule has 0 radical (unpaired) electrons. The topological polar surface area (TPSA) is 117 Å². The number of carbonyl (C=O) groups excluding carboxylic acids is 1. The highest BCUT2D eigenvalue weighted by atomic mass is 32.2. The van der Waals surface area contributed by atoms with Gasteiger partial charge in [0, 0.05) is 36.8 Å². The van der Waals surface area contributed by atoms with E-state index in [2.05, 4.69) is 64.2 Å². The summed E-state index contributed by atoms with van der Waals surface area (Å²) in [6.07, 6.45) is 1.07. The van der Waals surface area contributed by atoms with Crippen LogP contribution in [0.5, 0.6) is 0 Å². The molecule has 4 aromatic carbocycles. The van der Waals surface area contributed by atoms with Crippen molar-refractivity contribution >= 4 is 27.3 Å². The summed E-state index contributed by atoms with van der Waals surface area (Å²) >= 11 is 0. The summed E-state index contributed by atoms with van der Waals surface area (Å²) in [7, 11) is -1.96.